The van der Waals surface area contributed by atoms with Crippen LogP contribution in [0.25, 0.3) is 11.1 Å². The largest absolute Gasteiger partial charge is 0.507 e. The Morgan fingerprint density at radius 2 is 1.67 bits per heavy atom. The summed E-state index contributed by atoms with van der Waals surface area (Å²) in [5.74, 6) is 0.755. The molecule has 0 radical (unpaired) electrons. The Kier molecular flexibility index (Phi) is 6.33. The van der Waals surface area contributed by atoms with Gasteiger partial charge in [-0.2, -0.15) is 0 Å². The highest BCUT2D eigenvalue weighted by Gasteiger charge is 2.41. The average Bonchev–Trinajstić information content (AvgIpc) is 2.93. The molecular formula is C29H31NO9. The summed E-state index contributed by atoms with van der Waals surface area (Å²) in [7, 11) is 2.99. The molecule has 6 rings (SSSR count). The fraction of sp³-hybridized carbons (Fsp3) is 0.379. The lowest BCUT2D eigenvalue weighted by Gasteiger charge is -2.39. The molecule has 2 aliphatic heterocycles. The lowest BCUT2D eigenvalue weighted by atomic mass is 9.74. The molecule has 3 atom stereocenters. The summed E-state index contributed by atoms with van der Waals surface area (Å²) in [6.45, 7) is 0.322. The zero-order chi connectivity index (χ0) is 27.4. The topological polar surface area (TPSA) is 150 Å². The van der Waals surface area contributed by atoms with Gasteiger partial charge in [0.15, 0.2) is 17.7 Å². The highest BCUT2D eigenvalue weighted by Crippen LogP contribution is 2.57. The predicted octanol–water partition coefficient (Wildman–Crippen LogP) is 3.27. The smallest absolute Gasteiger partial charge is 0.200 e. The van der Waals surface area contributed by atoms with Crippen LogP contribution >= 0.6 is 0 Å². The highest BCUT2D eigenvalue weighted by atomic mass is 16.5. The van der Waals surface area contributed by atoms with Crippen LogP contribution in [0.5, 0.6) is 34.5 Å². The number of hydrogen-bond acceptors (Lipinski definition) is 10. The number of phenols is 2. The minimum Gasteiger partial charge on any atom is -0.507 e. The van der Waals surface area contributed by atoms with Gasteiger partial charge in [-0.05, 0) is 36.1 Å². The van der Waals surface area contributed by atoms with Gasteiger partial charge in [0.25, 0.3) is 0 Å². The van der Waals surface area contributed by atoms with Crippen LogP contribution in [0.3, 0.4) is 0 Å². The Morgan fingerprint density at radius 1 is 0.923 bits per heavy atom. The van der Waals surface area contributed by atoms with Gasteiger partial charge in [-0.25, -0.2) is 0 Å². The van der Waals surface area contributed by atoms with Crippen molar-refractivity contribution in [1.82, 2.24) is 0 Å². The van der Waals surface area contributed by atoms with E-state index in [2.05, 4.69) is 5.32 Å². The molecule has 0 spiro atoms. The number of rotatable bonds is 7. The van der Waals surface area contributed by atoms with E-state index in [-0.39, 0.29) is 42.8 Å². The van der Waals surface area contributed by atoms with E-state index in [0.29, 0.717) is 53.1 Å². The first-order valence-electron chi connectivity index (χ1n) is 12.9. The van der Waals surface area contributed by atoms with E-state index in [9.17, 15) is 20.4 Å². The number of hydrogen-bond donors (Lipinski definition) is 6. The zero-order valence-corrected chi connectivity index (χ0v) is 21.7. The quantitative estimate of drug-likeness (QED) is 0.248. The standard InChI is InChI=1S/C29H31NO9/c1-36-19-11-18(32)26-25-14(19)4-5-15-23(25)17(30-29(26)35)10-20-24(15)27(33)16(12-39-20)13-8-21(37-2)28(34)22(9-13)38-7-3-6-31/h8-11,16,27,29-35H,3-7,12H2,1-2H3. The van der Waals surface area contributed by atoms with Crippen LogP contribution in [0.2, 0.25) is 0 Å². The maximum Gasteiger partial charge on any atom is 0.200 e. The van der Waals surface area contributed by atoms with Gasteiger partial charge in [-0.15, -0.1) is 0 Å². The van der Waals surface area contributed by atoms with Gasteiger partial charge in [0.1, 0.15) is 17.2 Å². The van der Waals surface area contributed by atoms with Crippen LogP contribution in [0, 0.1) is 0 Å². The van der Waals surface area contributed by atoms with Crippen molar-refractivity contribution < 1.29 is 44.5 Å². The number of aliphatic hydroxyl groups excluding tert-OH is 3. The summed E-state index contributed by atoms with van der Waals surface area (Å²) in [6, 6.07) is 6.64. The second kappa shape index (κ2) is 9.71. The third-order valence-electron chi connectivity index (χ3n) is 7.88. The number of methoxy groups -OCH3 is 2. The zero-order valence-electron chi connectivity index (χ0n) is 21.7. The van der Waals surface area contributed by atoms with Crippen LogP contribution in [0.15, 0.2) is 24.3 Å². The van der Waals surface area contributed by atoms with Crippen molar-refractivity contribution in [1.29, 1.82) is 0 Å². The minimum atomic E-state index is -1.11. The van der Waals surface area contributed by atoms with Crippen LogP contribution in [0.4, 0.5) is 5.69 Å². The first-order chi connectivity index (χ1) is 18.9. The molecule has 206 valence electrons. The molecule has 3 unspecified atom stereocenters. The second-order valence-electron chi connectivity index (χ2n) is 9.96. The van der Waals surface area contributed by atoms with E-state index in [1.807, 2.05) is 0 Å². The Morgan fingerprint density at radius 3 is 2.41 bits per heavy atom. The van der Waals surface area contributed by atoms with Crippen LogP contribution in [-0.2, 0) is 12.8 Å². The Hall–Kier alpha value is -3.86. The van der Waals surface area contributed by atoms with E-state index in [1.54, 1.807) is 25.3 Å². The van der Waals surface area contributed by atoms with Gasteiger partial charge < -0.3 is 49.8 Å². The van der Waals surface area contributed by atoms with Gasteiger partial charge in [-0.3, -0.25) is 0 Å². The molecule has 2 heterocycles. The summed E-state index contributed by atoms with van der Waals surface area (Å²) in [5, 5.41) is 56.1. The van der Waals surface area contributed by atoms with Gasteiger partial charge >= 0.3 is 0 Å². The number of fused-ring (bicyclic) bond motifs is 2. The fourth-order valence-electron chi connectivity index (χ4n) is 6.07. The number of benzene rings is 3. The van der Waals surface area contributed by atoms with Gasteiger partial charge in [0.2, 0.25) is 5.75 Å². The van der Waals surface area contributed by atoms with E-state index in [1.165, 1.54) is 13.2 Å². The molecule has 3 aliphatic rings. The predicted molar refractivity (Wildman–Crippen MR) is 141 cm³/mol. The van der Waals surface area contributed by atoms with E-state index in [4.69, 9.17) is 24.1 Å². The maximum absolute atomic E-state index is 11.8. The molecular weight excluding hydrogens is 506 g/mol. The Labute approximate surface area is 225 Å². The molecule has 10 heteroatoms. The first kappa shape index (κ1) is 25.4. The van der Waals surface area contributed by atoms with Crippen molar-refractivity contribution in [2.75, 3.05) is 39.4 Å². The number of aromatic hydroxyl groups is 2. The highest BCUT2D eigenvalue weighted by molar-refractivity contribution is 5.93. The Bertz CT molecular complexity index is 1450. The molecule has 3 aromatic carbocycles. The number of phenolic OH excluding ortho intramolecular Hbond substituents is 2. The molecule has 0 aromatic heterocycles. The molecule has 10 nitrogen and oxygen atoms in total. The van der Waals surface area contributed by atoms with Crippen LogP contribution in [-0.4, -0.2) is 59.6 Å². The summed E-state index contributed by atoms with van der Waals surface area (Å²) in [6.07, 6.45) is -0.483. The van der Waals surface area contributed by atoms with E-state index >= 15 is 0 Å². The minimum absolute atomic E-state index is 0.0446. The molecule has 0 fully saturated rings. The number of aliphatic hydroxyl groups is 3. The molecule has 0 saturated heterocycles. The number of nitrogens with one attached hydrogen (secondary N) is 1. The molecule has 6 N–H and O–H groups in total. The van der Waals surface area contributed by atoms with Crippen molar-refractivity contribution >= 4 is 5.69 Å². The molecule has 3 aromatic rings. The Balaban J connectivity index is 1.47. The van der Waals surface area contributed by atoms with E-state index < -0.39 is 18.2 Å². The van der Waals surface area contributed by atoms with Crippen molar-refractivity contribution in [3.05, 3.63) is 52.1 Å². The average molecular weight is 538 g/mol. The number of anilines is 1. The lowest BCUT2D eigenvalue weighted by molar-refractivity contribution is 0.0877. The second-order valence-corrected chi connectivity index (χ2v) is 9.96. The van der Waals surface area contributed by atoms with E-state index in [0.717, 1.165) is 22.3 Å². The molecule has 0 bridgehead atoms. The third-order valence-corrected chi connectivity index (χ3v) is 7.88. The fourth-order valence-corrected chi connectivity index (χ4v) is 6.07. The van der Waals surface area contributed by atoms with Gasteiger partial charge in [-0.1, -0.05) is 0 Å². The summed E-state index contributed by atoms with van der Waals surface area (Å²) in [4.78, 5) is 0. The summed E-state index contributed by atoms with van der Waals surface area (Å²) < 4.78 is 22.8. The molecule has 0 saturated carbocycles. The third kappa shape index (κ3) is 3.90. The lowest BCUT2D eigenvalue weighted by Crippen LogP contribution is -2.29. The SMILES string of the molecule is COc1cc(C2COc3cc4c5c(c3C2O)CCc2c(OC)cc(O)c(c2-5)C(O)N4)cc(OCCCO)c1O. The van der Waals surface area contributed by atoms with Crippen molar-refractivity contribution in [2.24, 2.45) is 0 Å². The van der Waals surface area contributed by atoms with Gasteiger partial charge in [0.05, 0.1) is 39.1 Å². The van der Waals surface area contributed by atoms with Crippen molar-refractivity contribution in [3.8, 4) is 45.6 Å². The molecule has 0 amide bonds. The van der Waals surface area contributed by atoms with Crippen LogP contribution in [0.1, 0.15) is 52.5 Å². The monoisotopic (exact) mass is 537 g/mol. The first-order valence-corrected chi connectivity index (χ1v) is 12.9. The summed E-state index contributed by atoms with van der Waals surface area (Å²) >= 11 is 0. The molecule has 1 aliphatic carbocycles. The number of ether oxygens (including phenoxy) is 4. The van der Waals surface area contributed by atoms with Crippen molar-refractivity contribution in [3.63, 3.8) is 0 Å². The maximum atomic E-state index is 11.8. The van der Waals surface area contributed by atoms with Crippen LogP contribution < -0.4 is 24.3 Å². The van der Waals surface area contributed by atoms with Gasteiger partial charge in [0, 0.05) is 59.0 Å². The normalized spacial score (nSPS) is 20.3. The van der Waals surface area contributed by atoms with Crippen molar-refractivity contribution in [2.45, 2.75) is 37.5 Å². The summed E-state index contributed by atoms with van der Waals surface area (Å²) in [5.41, 5.74) is 5.67. The molecule has 39 heavy (non-hydrogen) atoms.